The Hall–Kier alpha value is -2.54. The van der Waals surface area contributed by atoms with Crippen LogP contribution in [0.4, 0.5) is 5.82 Å². The Morgan fingerprint density at radius 3 is 2.89 bits per heavy atom. The summed E-state index contributed by atoms with van der Waals surface area (Å²) in [6, 6.07) is 6.64. The summed E-state index contributed by atoms with van der Waals surface area (Å²) >= 11 is 0. The molecule has 0 bridgehead atoms. The molecule has 1 atom stereocenters. The molecule has 7 heteroatoms. The van der Waals surface area contributed by atoms with Gasteiger partial charge in [-0.05, 0) is 67.8 Å². The number of anilines is 1. The Balaban J connectivity index is 1.55. The zero-order valence-corrected chi connectivity index (χ0v) is 15.7. The second-order valence-electron chi connectivity index (χ2n) is 7.67. The highest BCUT2D eigenvalue weighted by atomic mass is 15.3. The molecule has 27 heavy (non-hydrogen) atoms. The smallest absolute Gasteiger partial charge is 0.203 e. The quantitative estimate of drug-likeness (QED) is 0.620. The molecule has 1 saturated carbocycles. The van der Waals surface area contributed by atoms with Crippen LogP contribution >= 0.6 is 0 Å². The Labute approximate surface area is 159 Å². The van der Waals surface area contributed by atoms with Crippen molar-refractivity contribution in [1.82, 2.24) is 30.7 Å². The largest absolute Gasteiger partial charge is 0.384 e. The minimum absolute atomic E-state index is 0.145. The molecule has 0 saturated heterocycles. The highest BCUT2D eigenvalue weighted by Gasteiger charge is 2.22. The molecule has 142 valence electrons. The van der Waals surface area contributed by atoms with Gasteiger partial charge in [0, 0.05) is 24.4 Å². The standard InChI is InChI=1S/C20H27N7/c1-13-4-6-15(7-5-13)23-10-8-16(14-3-2-9-22-12-14)17-11-18(21)24-20-19(17)25-27-26-20/h2-3,9,11-13,15-16,23H,4-8,10H2,1H3,(H3,21,24,25,26,27). The molecule has 1 aliphatic carbocycles. The van der Waals surface area contributed by atoms with Gasteiger partial charge >= 0.3 is 0 Å². The van der Waals surface area contributed by atoms with Crippen LogP contribution in [0.25, 0.3) is 11.2 Å². The van der Waals surface area contributed by atoms with Crippen molar-refractivity contribution in [3.05, 3.63) is 41.7 Å². The van der Waals surface area contributed by atoms with Crippen LogP contribution in [0, 0.1) is 5.92 Å². The predicted molar refractivity (Wildman–Crippen MR) is 106 cm³/mol. The Morgan fingerprint density at radius 2 is 2.11 bits per heavy atom. The van der Waals surface area contributed by atoms with E-state index in [0.29, 0.717) is 17.5 Å². The Morgan fingerprint density at radius 1 is 1.26 bits per heavy atom. The van der Waals surface area contributed by atoms with E-state index in [-0.39, 0.29) is 5.92 Å². The van der Waals surface area contributed by atoms with Crippen LogP contribution in [0.5, 0.6) is 0 Å². The van der Waals surface area contributed by atoms with Crippen molar-refractivity contribution in [3.63, 3.8) is 0 Å². The molecule has 0 radical (unpaired) electrons. The van der Waals surface area contributed by atoms with Gasteiger partial charge in [-0.25, -0.2) is 4.98 Å². The lowest BCUT2D eigenvalue weighted by molar-refractivity contribution is 0.306. The van der Waals surface area contributed by atoms with Crippen molar-refractivity contribution >= 4 is 17.0 Å². The normalized spacial score (nSPS) is 21.4. The molecular formula is C20H27N7. The van der Waals surface area contributed by atoms with Gasteiger partial charge in [-0.1, -0.05) is 13.0 Å². The lowest BCUT2D eigenvalue weighted by Crippen LogP contribution is -2.34. The summed E-state index contributed by atoms with van der Waals surface area (Å²) in [7, 11) is 0. The van der Waals surface area contributed by atoms with Gasteiger partial charge in [0.2, 0.25) is 5.65 Å². The van der Waals surface area contributed by atoms with Crippen LogP contribution in [0.3, 0.4) is 0 Å². The number of hydrogen-bond acceptors (Lipinski definition) is 6. The summed E-state index contributed by atoms with van der Waals surface area (Å²) in [6.45, 7) is 3.30. The molecule has 0 aliphatic heterocycles. The number of aromatic amines is 1. The summed E-state index contributed by atoms with van der Waals surface area (Å²) in [5, 5.41) is 14.9. The lowest BCUT2D eigenvalue weighted by Gasteiger charge is -2.28. The van der Waals surface area contributed by atoms with Crippen molar-refractivity contribution in [3.8, 4) is 0 Å². The second kappa shape index (κ2) is 8.00. The maximum atomic E-state index is 6.03. The van der Waals surface area contributed by atoms with E-state index in [2.05, 4.69) is 43.7 Å². The maximum absolute atomic E-state index is 6.03. The molecule has 4 rings (SSSR count). The van der Waals surface area contributed by atoms with E-state index < -0.39 is 0 Å². The lowest BCUT2D eigenvalue weighted by atomic mass is 9.86. The molecule has 1 unspecified atom stereocenters. The van der Waals surface area contributed by atoms with Gasteiger partial charge in [0.05, 0.1) is 0 Å². The number of fused-ring (bicyclic) bond motifs is 1. The van der Waals surface area contributed by atoms with Crippen LogP contribution in [0.15, 0.2) is 30.6 Å². The number of rotatable bonds is 6. The summed E-state index contributed by atoms with van der Waals surface area (Å²) < 4.78 is 0. The monoisotopic (exact) mass is 365 g/mol. The maximum Gasteiger partial charge on any atom is 0.203 e. The third-order valence-electron chi connectivity index (χ3n) is 5.69. The van der Waals surface area contributed by atoms with Crippen LogP contribution in [0.1, 0.15) is 56.1 Å². The fraction of sp³-hybridized carbons (Fsp3) is 0.500. The molecule has 1 aliphatic rings. The van der Waals surface area contributed by atoms with Crippen LogP contribution in [-0.2, 0) is 0 Å². The van der Waals surface area contributed by atoms with Crippen molar-refractivity contribution in [2.45, 2.75) is 51.0 Å². The van der Waals surface area contributed by atoms with E-state index in [0.717, 1.165) is 35.5 Å². The van der Waals surface area contributed by atoms with Gasteiger partial charge in [0.15, 0.2) is 0 Å². The second-order valence-corrected chi connectivity index (χ2v) is 7.67. The molecule has 0 aromatic carbocycles. The fourth-order valence-electron chi connectivity index (χ4n) is 4.12. The molecule has 4 N–H and O–H groups in total. The first kappa shape index (κ1) is 17.9. The fourth-order valence-corrected chi connectivity index (χ4v) is 4.12. The van der Waals surface area contributed by atoms with Gasteiger partial charge in [-0.15, -0.1) is 5.10 Å². The number of nitrogens with two attached hydrogens (primary N) is 1. The average Bonchev–Trinajstić information content (AvgIpc) is 3.15. The third-order valence-corrected chi connectivity index (χ3v) is 5.69. The van der Waals surface area contributed by atoms with Crippen LogP contribution < -0.4 is 11.1 Å². The first-order valence-electron chi connectivity index (χ1n) is 9.81. The topological polar surface area (TPSA) is 105 Å². The number of pyridine rings is 2. The van der Waals surface area contributed by atoms with Gasteiger partial charge in [-0.3, -0.25) is 4.98 Å². The number of aromatic nitrogens is 5. The van der Waals surface area contributed by atoms with Crippen molar-refractivity contribution in [2.24, 2.45) is 5.92 Å². The number of nitrogen functional groups attached to an aromatic ring is 1. The zero-order chi connectivity index (χ0) is 18.6. The number of nitrogens with zero attached hydrogens (tertiary/aromatic N) is 4. The van der Waals surface area contributed by atoms with Crippen LogP contribution in [0.2, 0.25) is 0 Å². The molecule has 7 nitrogen and oxygen atoms in total. The Kier molecular flexibility index (Phi) is 5.29. The molecule has 3 aromatic heterocycles. The number of nitrogens with one attached hydrogen (secondary N) is 2. The summed E-state index contributed by atoms with van der Waals surface area (Å²) in [5.41, 5.74) is 9.59. The minimum atomic E-state index is 0.145. The minimum Gasteiger partial charge on any atom is -0.384 e. The van der Waals surface area contributed by atoms with Gasteiger partial charge < -0.3 is 11.1 Å². The number of hydrogen-bond donors (Lipinski definition) is 3. The van der Waals surface area contributed by atoms with Crippen LogP contribution in [-0.4, -0.2) is 38.0 Å². The van der Waals surface area contributed by atoms with E-state index in [1.54, 1.807) is 6.20 Å². The Bertz CT molecular complexity index is 868. The molecule has 0 amide bonds. The van der Waals surface area contributed by atoms with Crippen molar-refractivity contribution < 1.29 is 0 Å². The molecule has 3 heterocycles. The summed E-state index contributed by atoms with van der Waals surface area (Å²) in [4.78, 5) is 8.59. The third kappa shape index (κ3) is 4.08. The highest BCUT2D eigenvalue weighted by molar-refractivity contribution is 5.77. The van der Waals surface area contributed by atoms with Gasteiger partial charge in [0.25, 0.3) is 0 Å². The van der Waals surface area contributed by atoms with E-state index in [4.69, 9.17) is 5.73 Å². The summed E-state index contributed by atoms with van der Waals surface area (Å²) in [5.74, 6) is 1.48. The van der Waals surface area contributed by atoms with E-state index in [1.807, 2.05) is 18.3 Å². The highest BCUT2D eigenvalue weighted by Crippen LogP contribution is 2.32. The zero-order valence-electron chi connectivity index (χ0n) is 15.7. The molecule has 0 spiro atoms. The first-order valence-corrected chi connectivity index (χ1v) is 9.81. The van der Waals surface area contributed by atoms with Gasteiger partial charge in [0.1, 0.15) is 11.3 Å². The molecular weight excluding hydrogens is 338 g/mol. The molecule has 1 fully saturated rings. The van der Waals surface area contributed by atoms with E-state index in [9.17, 15) is 0 Å². The average molecular weight is 365 g/mol. The number of H-pyrrole nitrogens is 1. The first-order chi connectivity index (χ1) is 13.2. The molecule has 3 aromatic rings. The van der Waals surface area contributed by atoms with E-state index in [1.165, 1.54) is 25.7 Å². The predicted octanol–water partition coefficient (Wildman–Crippen LogP) is 3.02. The summed E-state index contributed by atoms with van der Waals surface area (Å²) in [6.07, 6.45) is 9.87. The SMILES string of the molecule is CC1CCC(NCCC(c2cccnc2)c2cc(N)nc3n[nH]nc23)CC1. The van der Waals surface area contributed by atoms with Crippen molar-refractivity contribution in [1.29, 1.82) is 0 Å². The van der Waals surface area contributed by atoms with Gasteiger partial charge in [-0.2, -0.15) is 10.3 Å². The van der Waals surface area contributed by atoms with Crippen molar-refractivity contribution in [2.75, 3.05) is 12.3 Å². The van der Waals surface area contributed by atoms with E-state index >= 15 is 0 Å².